The van der Waals surface area contributed by atoms with E-state index >= 15 is 0 Å². The van der Waals surface area contributed by atoms with Crippen LogP contribution in [0.3, 0.4) is 0 Å². The standard InChI is InChI=1S/C5H5NO2/c6-3-4-1-2-5(7)8-4/h1-3H,6H2. The summed E-state index contributed by atoms with van der Waals surface area (Å²) < 4.78 is 4.50. The fourth-order valence-electron chi connectivity index (χ4n) is 0.424. The lowest BCUT2D eigenvalue weighted by molar-refractivity contribution is -0.132. The fraction of sp³-hybridized carbons (Fsp3) is 0. The Morgan fingerprint density at radius 3 is 2.62 bits per heavy atom. The zero-order valence-corrected chi connectivity index (χ0v) is 4.13. The third-order valence-electron chi connectivity index (χ3n) is 0.766. The first-order valence-corrected chi connectivity index (χ1v) is 2.15. The van der Waals surface area contributed by atoms with Crippen LogP contribution in [0.1, 0.15) is 0 Å². The van der Waals surface area contributed by atoms with Crippen molar-refractivity contribution in [3.05, 3.63) is 24.1 Å². The predicted molar refractivity (Wildman–Crippen MR) is 27.5 cm³/mol. The molecule has 3 nitrogen and oxygen atoms in total. The summed E-state index contributed by atoms with van der Waals surface area (Å²) in [4.78, 5) is 10.2. The average Bonchev–Trinajstić information content (AvgIpc) is 2.14. The van der Waals surface area contributed by atoms with E-state index in [9.17, 15) is 4.79 Å². The molecule has 0 radical (unpaired) electrons. The summed E-state index contributed by atoms with van der Waals surface area (Å²) in [7, 11) is 0. The van der Waals surface area contributed by atoms with Gasteiger partial charge in [-0.25, -0.2) is 4.79 Å². The van der Waals surface area contributed by atoms with Crippen molar-refractivity contribution >= 4 is 5.97 Å². The minimum atomic E-state index is -0.360. The van der Waals surface area contributed by atoms with Gasteiger partial charge in [-0.1, -0.05) is 0 Å². The highest BCUT2D eigenvalue weighted by Crippen LogP contribution is 2.05. The van der Waals surface area contributed by atoms with E-state index in [4.69, 9.17) is 5.73 Å². The van der Waals surface area contributed by atoms with Crippen molar-refractivity contribution in [2.75, 3.05) is 0 Å². The maximum atomic E-state index is 10.2. The van der Waals surface area contributed by atoms with Crippen LogP contribution in [-0.4, -0.2) is 5.97 Å². The summed E-state index contributed by atoms with van der Waals surface area (Å²) in [5, 5.41) is 0. The minimum Gasteiger partial charge on any atom is -0.422 e. The number of carbonyl (C=O) groups excluding carboxylic acids is 1. The smallest absolute Gasteiger partial charge is 0.336 e. The van der Waals surface area contributed by atoms with Crippen molar-refractivity contribution in [1.29, 1.82) is 0 Å². The second kappa shape index (κ2) is 1.69. The average molecular weight is 111 g/mol. The van der Waals surface area contributed by atoms with Gasteiger partial charge in [0, 0.05) is 12.3 Å². The number of hydrogen-bond acceptors (Lipinski definition) is 3. The van der Waals surface area contributed by atoms with Gasteiger partial charge in [-0.05, 0) is 6.08 Å². The molecule has 0 atom stereocenters. The SMILES string of the molecule is NC=C1C=CC(=O)O1. The molecule has 0 unspecified atom stereocenters. The Labute approximate surface area is 46.4 Å². The number of hydrogen-bond donors (Lipinski definition) is 1. The number of nitrogens with two attached hydrogens (primary N) is 1. The van der Waals surface area contributed by atoms with E-state index in [1.165, 1.54) is 18.4 Å². The molecule has 0 amide bonds. The van der Waals surface area contributed by atoms with Gasteiger partial charge in [0.05, 0.1) is 0 Å². The van der Waals surface area contributed by atoms with Gasteiger partial charge < -0.3 is 10.5 Å². The van der Waals surface area contributed by atoms with Crippen LogP contribution in [0.4, 0.5) is 0 Å². The van der Waals surface area contributed by atoms with Crippen LogP contribution in [0.2, 0.25) is 0 Å². The largest absolute Gasteiger partial charge is 0.422 e. The van der Waals surface area contributed by atoms with Crippen molar-refractivity contribution in [2.24, 2.45) is 5.73 Å². The first kappa shape index (κ1) is 4.90. The highest BCUT2D eigenvalue weighted by atomic mass is 16.5. The van der Waals surface area contributed by atoms with E-state index in [1.54, 1.807) is 0 Å². The van der Waals surface area contributed by atoms with Gasteiger partial charge in [-0.3, -0.25) is 0 Å². The van der Waals surface area contributed by atoms with E-state index in [0.717, 1.165) is 0 Å². The molecule has 0 aliphatic carbocycles. The third kappa shape index (κ3) is 0.703. The van der Waals surface area contributed by atoms with Crippen LogP contribution in [0.25, 0.3) is 0 Å². The molecule has 0 saturated carbocycles. The Kier molecular flexibility index (Phi) is 1.04. The van der Waals surface area contributed by atoms with Gasteiger partial charge in [0.15, 0.2) is 0 Å². The summed E-state index contributed by atoms with van der Waals surface area (Å²) >= 11 is 0. The Bertz CT molecular complexity index is 169. The van der Waals surface area contributed by atoms with Crippen LogP contribution in [0.15, 0.2) is 24.1 Å². The third-order valence-corrected chi connectivity index (χ3v) is 0.766. The summed E-state index contributed by atoms with van der Waals surface area (Å²) in [5.74, 6) is 0.0525. The molecular weight excluding hydrogens is 106 g/mol. The quantitative estimate of drug-likeness (QED) is 0.444. The Balaban J connectivity index is 2.73. The molecule has 0 aromatic heterocycles. The Morgan fingerprint density at radius 2 is 2.38 bits per heavy atom. The molecule has 0 saturated heterocycles. The molecule has 0 aromatic rings. The van der Waals surface area contributed by atoms with Gasteiger partial charge in [0.25, 0.3) is 0 Å². The zero-order valence-electron chi connectivity index (χ0n) is 4.13. The van der Waals surface area contributed by atoms with E-state index in [2.05, 4.69) is 4.74 Å². The molecule has 1 aliphatic heterocycles. The van der Waals surface area contributed by atoms with Gasteiger partial charge in [0.2, 0.25) is 0 Å². The number of carbonyl (C=O) groups is 1. The summed E-state index contributed by atoms with van der Waals surface area (Å²) in [5.41, 5.74) is 5.01. The molecule has 0 spiro atoms. The van der Waals surface area contributed by atoms with Crippen molar-refractivity contribution in [1.82, 2.24) is 0 Å². The minimum absolute atomic E-state index is 0.360. The van der Waals surface area contributed by atoms with Gasteiger partial charge >= 0.3 is 5.97 Å². The fourth-order valence-corrected chi connectivity index (χ4v) is 0.424. The van der Waals surface area contributed by atoms with Crippen molar-refractivity contribution < 1.29 is 9.53 Å². The lowest BCUT2D eigenvalue weighted by atomic mass is 10.5. The highest BCUT2D eigenvalue weighted by Gasteiger charge is 2.06. The van der Waals surface area contributed by atoms with Crippen molar-refractivity contribution in [3.63, 3.8) is 0 Å². The highest BCUT2D eigenvalue weighted by molar-refractivity contribution is 5.86. The topological polar surface area (TPSA) is 52.3 Å². The maximum Gasteiger partial charge on any atom is 0.336 e. The number of ether oxygens (including phenoxy) is 1. The monoisotopic (exact) mass is 111 g/mol. The van der Waals surface area contributed by atoms with Crippen LogP contribution in [0, 0.1) is 0 Å². The summed E-state index contributed by atoms with van der Waals surface area (Å²) in [6, 6.07) is 0. The molecule has 42 valence electrons. The van der Waals surface area contributed by atoms with Crippen molar-refractivity contribution in [2.45, 2.75) is 0 Å². The number of allylic oxidation sites excluding steroid dienone is 1. The van der Waals surface area contributed by atoms with E-state index in [1.807, 2.05) is 0 Å². The molecule has 0 fully saturated rings. The summed E-state index contributed by atoms with van der Waals surface area (Å²) in [6.07, 6.45) is 4.07. The van der Waals surface area contributed by atoms with Crippen molar-refractivity contribution in [3.8, 4) is 0 Å². The Hall–Kier alpha value is -1.25. The lowest BCUT2D eigenvalue weighted by Crippen LogP contribution is -1.92. The summed E-state index contributed by atoms with van der Waals surface area (Å²) in [6.45, 7) is 0. The van der Waals surface area contributed by atoms with Crippen LogP contribution >= 0.6 is 0 Å². The van der Waals surface area contributed by atoms with Gasteiger partial charge in [-0.15, -0.1) is 0 Å². The second-order valence-corrected chi connectivity index (χ2v) is 1.32. The molecule has 8 heavy (non-hydrogen) atoms. The second-order valence-electron chi connectivity index (χ2n) is 1.32. The number of rotatable bonds is 0. The molecule has 2 N–H and O–H groups in total. The van der Waals surface area contributed by atoms with Crippen LogP contribution in [-0.2, 0) is 9.53 Å². The maximum absolute atomic E-state index is 10.2. The van der Waals surface area contributed by atoms with E-state index in [-0.39, 0.29) is 5.97 Å². The van der Waals surface area contributed by atoms with Crippen LogP contribution in [0.5, 0.6) is 0 Å². The first-order chi connectivity index (χ1) is 3.83. The molecular formula is C5H5NO2. The molecule has 3 heteroatoms. The zero-order chi connectivity index (χ0) is 5.98. The molecule has 0 bridgehead atoms. The normalized spacial score (nSPS) is 22.0. The lowest BCUT2D eigenvalue weighted by Gasteiger charge is -1.88. The van der Waals surface area contributed by atoms with Gasteiger partial charge in [0.1, 0.15) is 5.76 Å². The van der Waals surface area contributed by atoms with E-state index < -0.39 is 0 Å². The van der Waals surface area contributed by atoms with Crippen LogP contribution < -0.4 is 5.73 Å². The molecule has 1 aliphatic rings. The molecule has 1 heterocycles. The molecule has 0 aromatic carbocycles. The number of cyclic esters (lactones) is 1. The van der Waals surface area contributed by atoms with E-state index in [0.29, 0.717) is 5.76 Å². The van der Waals surface area contributed by atoms with Gasteiger partial charge in [-0.2, -0.15) is 0 Å². The number of esters is 1. The predicted octanol–water partition coefficient (Wildman–Crippen LogP) is -0.100. The molecule has 1 rings (SSSR count). The first-order valence-electron chi connectivity index (χ1n) is 2.15. The Morgan fingerprint density at radius 1 is 1.62 bits per heavy atom.